The molecule has 0 atom stereocenters. The van der Waals surface area contributed by atoms with Crippen molar-refractivity contribution >= 4 is 37.7 Å². The summed E-state index contributed by atoms with van der Waals surface area (Å²) >= 11 is 7.01. The smallest absolute Gasteiger partial charge is 0.141 e. The molecule has 0 bridgehead atoms. The van der Waals surface area contributed by atoms with Crippen LogP contribution in [0.4, 0.5) is 5.82 Å². The highest BCUT2D eigenvalue weighted by atomic mass is 79.9. The Morgan fingerprint density at radius 2 is 1.88 bits per heavy atom. The summed E-state index contributed by atoms with van der Waals surface area (Å²) in [6.45, 7) is 4.19. The fraction of sp³-hybridized carbons (Fsp3) is 0.250. The molecule has 3 nitrogen and oxygen atoms in total. The Labute approximate surface area is 117 Å². The van der Waals surface area contributed by atoms with Gasteiger partial charge in [-0.15, -0.1) is 0 Å². The van der Waals surface area contributed by atoms with Gasteiger partial charge in [0.1, 0.15) is 5.82 Å². The normalized spacial score (nSPS) is 11.1. The summed E-state index contributed by atoms with van der Waals surface area (Å²) in [4.78, 5) is 0. The number of nitrogens with two attached hydrogens (primary N) is 1. The van der Waals surface area contributed by atoms with E-state index in [4.69, 9.17) is 5.73 Å². The summed E-state index contributed by atoms with van der Waals surface area (Å²) < 4.78 is 3.60. The zero-order chi connectivity index (χ0) is 12.6. The van der Waals surface area contributed by atoms with E-state index in [0.29, 0.717) is 11.7 Å². The highest BCUT2D eigenvalue weighted by Crippen LogP contribution is 2.32. The summed E-state index contributed by atoms with van der Waals surface area (Å²) in [5.41, 5.74) is 7.99. The first-order valence-electron chi connectivity index (χ1n) is 5.31. The van der Waals surface area contributed by atoms with E-state index in [2.05, 4.69) is 50.8 Å². The number of hydrogen-bond acceptors (Lipinski definition) is 2. The fourth-order valence-corrected chi connectivity index (χ4v) is 2.76. The van der Waals surface area contributed by atoms with Crippen LogP contribution < -0.4 is 5.73 Å². The molecule has 0 aliphatic heterocycles. The SMILES string of the molecule is CC(C)c1nn(-c2ccccc2Br)c(N)c1Br. The molecule has 0 spiro atoms. The van der Waals surface area contributed by atoms with E-state index in [1.807, 2.05) is 24.3 Å². The molecule has 0 unspecified atom stereocenters. The maximum atomic E-state index is 6.07. The molecule has 0 aliphatic carbocycles. The molecule has 2 N–H and O–H groups in total. The van der Waals surface area contributed by atoms with Gasteiger partial charge in [0.15, 0.2) is 0 Å². The first-order valence-corrected chi connectivity index (χ1v) is 6.89. The monoisotopic (exact) mass is 357 g/mol. The minimum Gasteiger partial charge on any atom is -0.383 e. The molecular formula is C12H13Br2N3. The van der Waals surface area contributed by atoms with Crippen molar-refractivity contribution in [3.63, 3.8) is 0 Å². The van der Waals surface area contributed by atoms with Gasteiger partial charge in [-0.3, -0.25) is 0 Å². The van der Waals surface area contributed by atoms with E-state index in [0.717, 1.165) is 20.3 Å². The Balaban J connectivity index is 2.61. The third-order valence-electron chi connectivity index (χ3n) is 2.51. The first kappa shape index (κ1) is 12.6. The summed E-state index contributed by atoms with van der Waals surface area (Å²) in [6, 6.07) is 7.87. The molecule has 0 fully saturated rings. The van der Waals surface area contributed by atoms with E-state index in [9.17, 15) is 0 Å². The molecule has 0 aliphatic rings. The second-order valence-corrected chi connectivity index (χ2v) is 5.75. The lowest BCUT2D eigenvalue weighted by Gasteiger charge is -2.06. The summed E-state index contributed by atoms with van der Waals surface area (Å²) in [5, 5.41) is 4.55. The van der Waals surface area contributed by atoms with Crippen LogP contribution in [0.25, 0.3) is 5.69 Å². The third-order valence-corrected chi connectivity index (χ3v) is 4.00. The molecule has 0 saturated carbocycles. The zero-order valence-electron chi connectivity index (χ0n) is 9.61. The van der Waals surface area contributed by atoms with E-state index < -0.39 is 0 Å². The Kier molecular flexibility index (Phi) is 3.58. The maximum Gasteiger partial charge on any atom is 0.141 e. The molecule has 1 aromatic carbocycles. The van der Waals surface area contributed by atoms with Crippen molar-refractivity contribution in [1.29, 1.82) is 0 Å². The summed E-state index contributed by atoms with van der Waals surface area (Å²) in [6.07, 6.45) is 0. The first-order chi connectivity index (χ1) is 8.02. The van der Waals surface area contributed by atoms with Crippen molar-refractivity contribution in [3.05, 3.63) is 38.9 Å². The molecule has 5 heteroatoms. The van der Waals surface area contributed by atoms with Gasteiger partial charge in [0, 0.05) is 4.47 Å². The topological polar surface area (TPSA) is 43.8 Å². The fourth-order valence-electron chi connectivity index (χ4n) is 1.61. The molecule has 0 saturated heterocycles. The zero-order valence-corrected chi connectivity index (χ0v) is 12.8. The van der Waals surface area contributed by atoms with Crippen LogP contribution in [0, 0.1) is 0 Å². The van der Waals surface area contributed by atoms with Crippen molar-refractivity contribution in [3.8, 4) is 5.69 Å². The predicted molar refractivity (Wildman–Crippen MR) is 77.5 cm³/mol. The van der Waals surface area contributed by atoms with E-state index in [1.54, 1.807) is 4.68 Å². The van der Waals surface area contributed by atoms with Crippen LogP contribution in [-0.4, -0.2) is 9.78 Å². The summed E-state index contributed by atoms with van der Waals surface area (Å²) in [5.74, 6) is 0.955. The Bertz CT molecular complexity index is 547. The van der Waals surface area contributed by atoms with Crippen molar-refractivity contribution in [2.45, 2.75) is 19.8 Å². The van der Waals surface area contributed by atoms with Crippen LogP contribution in [0.15, 0.2) is 33.2 Å². The second-order valence-electron chi connectivity index (χ2n) is 4.10. The number of rotatable bonds is 2. The van der Waals surface area contributed by atoms with Gasteiger partial charge in [0.25, 0.3) is 0 Å². The van der Waals surface area contributed by atoms with Crippen molar-refractivity contribution < 1.29 is 0 Å². The number of halogens is 2. The van der Waals surface area contributed by atoms with E-state index in [1.165, 1.54) is 0 Å². The molecule has 90 valence electrons. The van der Waals surface area contributed by atoms with Gasteiger partial charge >= 0.3 is 0 Å². The second kappa shape index (κ2) is 4.82. The lowest BCUT2D eigenvalue weighted by atomic mass is 10.1. The number of nitrogens with zero attached hydrogens (tertiary/aromatic N) is 2. The standard InChI is InChI=1S/C12H13Br2N3/c1-7(2)11-10(14)12(15)17(16-11)9-6-4-3-5-8(9)13/h3-7H,15H2,1-2H3. The van der Waals surface area contributed by atoms with Gasteiger partial charge in [-0.2, -0.15) is 5.10 Å². The number of hydrogen-bond donors (Lipinski definition) is 1. The number of benzene rings is 1. The average molecular weight is 359 g/mol. The van der Waals surface area contributed by atoms with Crippen LogP contribution in [0.3, 0.4) is 0 Å². The average Bonchev–Trinajstić information content (AvgIpc) is 2.57. The van der Waals surface area contributed by atoms with Gasteiger partial charge in [0.05, 0.1) is 15.9 Å². The number of anilines is 1. The van der Waals surface area contributed by atoms with Gasteiger partial charge in [-0.1, -0.05) is 26.0 Å². The highest BCUT2D eigenvalue weighted by Gasteiger charge is 2.17. The van der Waals surface area contributed by atoms with Crippen molar-refractivity contribution in [1.82, 2.24) is 9.78 Å². The molecule has 1 heterocycles. The van der Waals surface area contributed by atoms with Crippen LogP contribution in [0.2, 0.25) is 0 Å². The quantitative estimate of drug-likeness (QED) is 0.878. The molecule has 1 aromatic heterocycles. The van der Waals surface area contributed by atoms with Gasteiger partial charge in [0.2, 0.25) is 0 Å². The Morgan fingerprint density at radius 3 is 2.41 bits per heavy atom. The largest absolute Gasteiger partial charge is 0.383 e. The molecule has 17 heavy (non-hydrogen) atoms. The van der Waals surface area contributed by atoms with Gasteiger partial charge in [-0.05, 0) is 49.9 Å². The van der Waals surface area contributed by atoms with Crippen LogP contribution in [0.1, 0.15) is 25.5 Å². The Morgan fingerprint density at radius 1 is 1.24 bits per heavy atom. The van der Waals surface area contributed by atoms with Gasteiger partial charge in [-0.25, -0.2) is 4.68 Å². The molecular weight excluding hydrogens is 346 g/mol. The predicted octanol–water partition coefficient (Wildman–Crippen LogP) is 4.10. The number of aromatic nitrogens is 2. The number of nitrogen functional groups attached to an aromatic ring is 1. The van der Waals surface area contributed by atoms with Crippen molar-refractivity contribution in [2.75, 3.05) is 5.73 Å². The molecule has 2 aromatic rings. The molecule has 2 rings (SSSR count). The van der Waals surface area contributed by atoms with Crippen LogP contribution >= 0.6 is 31.9 Å². The number of para-hydroxylation sites is 1. The van der Waals surface area contributed by atoms with Crippen LogP contribution in [-0.2, 0) is 0 Å². The molecule has 0 radical (unpaired) electrons. The van der Waals surface area contributed by atoms with Crippen LogP contribution in [0.5, 0.6) is 0 Å². The third kappa shape index (κ3) is 2.26. The summed E-state index contributed by atoms with van der Waals surface area (Å²) in [7, 11) is 0. The lowest BCUT2D eigenvalue weighted by Crippen LogP contribution is -2.03. The minimum atomic E-state index is 0.329. The highest BCUT2D eigenvalue weighted by molar-refractivity contribution is 9.11. The van der Waals surface area contributed by atoms with Crippen molar-refractivity contribution in [2.24, 2.45) is 0 Å². The van der Waals surface area contributed by atoms with Gasteiger partial charge < -0.3 is 5.73 Å². The lowest BCUT2D eigenvalue weighted by molar-refractivity contribution is 0.768. The van der Waals surface area contributed by atoms with E-state index in [-0.39, 0.29) is 0 Å². The maximum absolute atomic E-state index is 6.07. The van der Waals surface area contributed by atoms with E-state index >= 15 is 0 Å². The molecule has 0 amide bonds. The Hall–Kier alpha value is -0.810. The minimum absolute atomic E-state index is 0.329.